The van der Waals surface area contributed by atoms with Gasteiger partial charge in [0.1, 0.15) is 0 Å². The van der Waals surface area contributed by atoms with E-state index in [9.17, 15) is 0 Å². The third-order valence-electron chi connectivity index (χ3n) is 3.87. The van der Waals surface area contributed by atoms with E-state index in [-0.39, 0.29) is 0 Å². The Morgan fingerprint density at radius 2 is 1.95 bits per heavy atom. The van der Waals surface area contributed by atoms with Crippen LogP contribution in [-0.4, -0.2) is 20.1 Å². The van der Waals surface area contributed by atoms with Crippen molar-refractivity contribution in [1.82, 2.24) is 5.32 Å². The summed E-state index contributed by atoms with van der Waals surface area (Å²) in [4.78, 5) is 2.29. The summed E-state index contributed by atoms with van der Waals surface area (Å²) < 4.78 is 0. The smallest absolute Gasteiger partial charge is 0.0474 e. The van der Waals surface area contributed by atoms with Gasteiger partial charge in [0.15, 0.2) is 0 Å². The Labute approximate surface area is 129 Å². The number of nitrogens with one attached hydrogen (secondary N) is 1. The van der Waals surface area contributed by atoms with Crippen molar-refractivity contribution in [2.45, 2.75) is 46.6 Å². The molecule has 1 aromatic carbocycles. The van der Waals surface area contributed by atoms with Crippen molar-refractivity contribution in [1.29, 1.82) is 0 Å². The molecule has 0 fully saturated rings. The quantitative estimate of drug-likeness (QED) is 0.735. The summed E-state index contributed by atoms with van der Waals surface area (Å²) in [5, 5.41) is 4.34. The summed E-state index contributed by atoms with van der Waals surface area (Å²) in [7, 11) is 2.14. The molecule has 1 aromatic rings. The van der Waals surface area contributed by atoms with Crippen LogP contribution in [-0.2, 0) is 0 Å². The lowest BCUT2D eigenvalue weighted by atomic mass is 10.1. The maximum absolute atomic E-state index is 6.45. The van der Waals surface area contributed by atoms with E-state index in [1.807, 2.05) is 0 Å². The zero-order valence-electron chi connectivity index (χ0n) is 13.5. The lowest BCUT2D eigenvalue weighted by molar-refractivity contribution is 0.559. The summed E-state index contributed by atoms with van der Waals surface area (Å²) >= 11 is 6.45. The summed E-state index contributed by atoms with van der Waals surface area (Å²) in [6, 6.07) is 6.71. The molecule has 0 bridgehead atoms. The van der Waals surface area contributed by atoms with E-state index in [0.29, 0.717) is 12.0 Å². The fourth-order valence-corrected chi connectivity index (χ4v) is 2.62. The molecule has 0 amide bonds. The monoisotopic (exact) mass is 296 g/mol. The highest BCUT2D eigenvalue weighted by Gasteiger charge is 2.12. The van der Waals surface area contributed by atoms with E-state index in [4.69, 9.17) is 11.6 Å². The standard InChI is InChI=1S/C17H29ClN2/c1-6-10-19-14(4)16-9-8-15(11-17(16)18)20(5)12-13(3)7-2/h8-9,11,13-14,19H,6-7,10,12H2,1-5H3. The summed E-state index contributed by atoms with van der Waals surface area (Å²) in [6.07, 6.45) is 2.34. The van der Waals surface area contributed by atoms with Crippen LogP contribution in [0.4, 0.5) is 5.69 Å². The second-order valence-electron chi connectivity index (χ2n) is 5.78. The molecule has 114 valence electrons. The Morgan fingerprint density at radius 1 is 1.25 bits per heavy atom. The lowest BCUT2D eigenvalue weighted by Crippen LogP contribution is -2.24. The molecule has 0 heterocycles. The Bertz CT molecular complexity index is 406. The van der Waals surface area contributed by atoms with Crippen molar-refractivity contribution in [3.63, 3.8) is 0 Å². The molecule has 20 heavy (non-hydrogen) atoms. The lowest BCUT2D eigenvalue weighted by Gasteiger charge is -2.24. The van der Waals surface area contributed by atoms with Crippen LogP contribution in [0.25, 0.3) is 0 Å². The third-order valence-corrected chi connectivity index (χ3v) is 4.20. The van der Waals surface area contributed by atoms with Crippen LogP contribution in [0, 0.1) is 5.92 Å². The van der Waals surface area contributed by atoms with Crippen molar-refractivity contribution >= 4 is 17.3 Å². The van der Waals surface area contributed by atoms with Gasteiger partial charge in [-0.3, -0.25) is 0 Å². The molecule has 0 saturated carbocycles. The van der Waals surface area contributed by atoms with Gasteiger partial charge in [-0.15, -0.1) is 0 Å². The van der Waals surface area contributed by atoms with Crippen LogP contribution in [0.3, 0.4) is 0 Å². The number of rotatable bonds is 8. The van der Waals surface area contributed by atoms with Crippen LogP contribution in [0.5, 0.6) is 0 Å². The molecule has 0 aliphatic carbocycles. The summed E-state index contributed by atoms with van der Waals surface area (Å²) in [5.41, 5.74) is 2.38. The van der Waals surface area contributed by atoms with Gasteiger partial charge in [0.05, 0.1) is 0 Å². The molecular formula is C17H29ClN2. The number of nitrogens with zero attached hydrogens (tertiary/aromatic N) is 1. The molecule has 2 unspecified atom stereocenters. The zero-order valence-corrected chi connectivity index (χ0v) is 14.3. The molecule has 0 spiro atoms. The first kappa shape index (κ1) is 17.3. The normalized spacial score (nSPS) is 14.1. The van der Waals surface area contributed by atoms with Crippen molar-refractivity contribution in [3.8, 4) is 0 Å². The second-order valence-corrected chi connectivity index (χ2v) is 6.18. The minimum Gasteiger partial charge on any atom is -0.374 e. The predicted octanol–water partition coefficient (Wildman–Crippen LogP) is 4.88. The summed E-state index contributed by atoms with van der Waals surface area (Å²) in [5.74, 6) is 0.698. The van der Waals surface area contributed by atoms with Gasteiger partial charge >= 0.3 is 0 Å². The highest BCUT2D eigenvalue weighted by molar-refractivity contribution is 6.31. The van der Waals surface area contributed by atoms with Crippen molar-refractivity contribution in [2.24, 2.45) is 5.92 Å². The van der Waals surface area contributed by atoms with Gasteiger partial charge in [-0.05, 0) is 43.5 Å². The number of halogens is 1. The van der Waals surface area contributed by atoms with Crippen LogP contribution in [0.1, 0.15) is 52.1 Å². The van der Waals surface area contributed by atoms with E-state index in [0.717, 1.165) is 24.5 Å². The maximum atomic E-state index is 6.45. The van der Waals surface area contributed by atoms with Gasteiger partial charge in [0, 0.05) is 30.3 Å². The van der Waals surface area contributed by atoms with Gasteiger partial charge in [-0.1, -0.05) is 44.9 Å². The molecule has 2 nitrogen and oxygen atoms in total. The summed E-state index contributed by atoms with van der Waals surface area (Å²) in [6.45, 7) is 10.9. The number of benzene rings is 1. The van der Waals surface area contributed by atoms with Crippen molar-refractivity contribution in [3.05, 3.63) is 28.8 Å². The van der Waals surface area contributed by atoms with E-state index >= 15 is 0 Å². The molecule has 2 atom stereocenters. The van der Waals surface area contributed by atoms with E-state index in [1.54, 1.807) is 0 Å². The molecular weight excluding hydrogens is 268 g/mol. The average Bonchev–Trinajstić information content (AvgIpc) is 2.44. The minimum absolute atomic E-state index is 0.302. The molecule has 0 aliphatic rings. The van der Waals surface area contributed by atoms with Crippen molar-refractivity contribution in [2.75, 3.05) is 25.0 Å². The average molecular weight is 297 g/mol. The highest BCUT2D eigenvalue weighted by Crippen LogP contribution is 2.28. The topological polar surface area (TPSA) is 15.3 Å². The molecule has 0 radical (unpaired) electrons. The van der Waals surface area contributed by atoms with Crippen LogP contribution >= 0.6 is 11.6 Å². The molecule has 0 aromatic heterocycles. The van der Waals surface area contributed by atoms with Gasteiger partial charge in [0.25, 0.3) is 0 Å². The number of hydrogen-bond acceptors (Lipinski definition) is 2. The van der Waals surface area contributed by atoms with Gasteiger partial charge in [-0.25, -0.2) is 0 Å². The Hall–Kier alpha value is -0.730. The molecule has 1 rings (SSSR count). The van der Waals surface area contributed by atoms with Crippen LogP contribution in [0.2, 0.25) is 5.02 Å². The second kappa shape index (κ2) is 8.53. The molecule has 3 heteroatoms. The minimum atomic E-state index is 0.302. The van der Waals surface area contributed by atoms with Crippen LogP contribution in [0.15, 0.2) is 18.2 Å². The fourth-order valence-electron chi connectivity index (χ4n) is 2.28. The highest BCUT2D eigenvalue weighted by atomic mass is 35.5. The fraction of sp³-hybridized carbons (Fsp3) is 0.647. The maximum Gasteiger partial charge on any atom is 0.0474 e. The third kappa shape index (κ3) is 4.99. The first-order chi connectivity index (χ1) is 9.49. The SMILES string of the molecule is CCCNC(C)c1ccc(N(C)CC(C)CC)cc1Cl. The van der Waals surface area contributed by atoms with Gasteiger partial charge < -0.3 is 10.2 Å². The number of anilines is 1. The van der Waals surface area contributed by atoms with Crippen molar-refractivity contribution < 1.29 is 0 Å². The largest absolute Gasteiger partial charge is 0.374 e. The Morgan fingerprint density at radius 3 is 2.50 bits per heavy atom. The first-order valence-corrected chi connectivity index (χ1v) is 8.11. The van der Waals surface area contributed by atoms with E-state index in [1.165, 1.54) is 17.7 Å². The van der Waals surface area contributed by atoms with E-state index < -0.39 is 0 Å². The first-order valence-electron chi connectivity index (χ1n) is 7.73. The van der Waals surface area contributed by atoms with Gasteiger partial charge in [0.2, 0.25) is 0 Å². The zero-order chi connectivity index (χ0) is 15.1. The van der Waals surface area contributed by atoms with Gasteiger partial charge in [-0.2, -0.15) is 0 Å². The molecule has 0 aliphatic heterocycles. The molecule has 1 N–H and O–H groups in total. The van der Waals surface area contributed by atoms with Crippen LogP contribution < -0.4 is 10.2 Å². The predicted molar refractivity (Wildman–Crippen MR) is 90.9 cm³/mol. The van der Waals surface area contributed by atoms with E-state index in [2.05, 4.69) is 63.2 Å². The molecule has 0 saturated heterocycles. The Kier molecular flexibility index (Phi) is 7.39. The Balaban J connectivity index is 2.76. The number of hydrogen-bond donors (Lipinski definition) is 1.